The van der Waals surface area contributed by atoms with E-state index in [1.807, 2.05) is 0 Å². The molecule has 0 spiro atoms. The number of allylic oxidation sites excluding steroid dienone is 2. The fraction of sp³-hybridized carbons (Fsp3) is 0.786. The van der Waals surface area contributed by atoms with Gasteiger partial charge in [-0.3, -0.25) is 4.79 Å². The van der Waals surface area contributed by atoms with E-state index in [9.17, 15) is 4.79 Å². The Morgan fingerprint density at radius 2 is 2.00 bits per heavy atom. The van der Waals surface area contributed by atoms with Crippen LogP contribution in [0, 0.1) is 11.8 Å². The summed E-state index contributed by atoms with van der Waals surface area (Å²) < 4.78 is 0. The summed E-state index contributed by atoms with van der Waals surface area (Å²) in [5, 5.41) is 0. The monoisotopic (exact) mass is 206 g/mol. The van der Waals surface area contributed by atoms with E-state index in [1.54, 1.807) is 5.57 Å². The van der Waals surface area contributed by atoms with Gasteiger partial charge in [-0.1, -0.05) is 19.4 Å². The number of rotatable bonds is 4. The molecule has 0 radical (unpaired) electrons. The lowest BCUT2D eigenvalue weighted by molar-refractivity contribution is -0.116. The first-order valence-electron chi connectivity index (χ1n) is 6.43. The Kier molecular flexibility index (Phi) is 3.28. The van der Waals surface area contributed by atoms with Crippen molar-refractivity contribution in [1.29, 1.82) is 0 Å². The zero-order chi connectivity index (χ0) is 10.8. The largest absolute Gasteiger partial charge is 0.295 e. The van der Waals surface area contributed by atoms with Gasteiger partial charge in [0.2, 0.25) is 0 Å². The van der Waals surface area contributed by atoms with Gasteiger partial charge < -0.3 is 0 Å². The van der Waals surface area contributed by atoms with Crippen LogP contribution in [0.1, 0.15) is 58.8 Å². The second kappa shape index (κ2) is 4.51. The number of hydrogen-bond donors (Lipinski definition) is 0. The molecule has 0 heterocycles. The number of Topliss-reactive ketones (excluding diaryl/α,β-unsaturated/α-hetero) is 1. The van der Waals surface area contributed by atoms with Crippen LogP contribution in [0.3, 0.4) is 0 Å². The molecule has 0 bridgehead atoms. The van der Waals surface area contributed by atoms with E-state index in [1.165, 1.54) is 31.3 Å². The van der Waals surface area contributed by atoms with Crippen molar-refractivity contribution in [3.63, 3.8) is 0 Å². The highest BCUT2D eigenvalue weighted by Gasteiger charge is 2.31. The summed E-state index contributed by atoms with van der Waals surface area (Å²) in [6.45, 7) is 4.48. The minimum atomic E-state index is 0.462. The van der Waals surface area contributed by atoms with Crippen LogP contribution in [0.4, 0.5) is 0 Å². The van der Waals surface area contributed by atoms with Crippen LogP contribution in [-0.4, -0.2) is 5.78 Å². The summed E-state index contributed by atoms with van der Waals surface area (Å²) in [7, 11) is 0. The number of ketones is 1. The third kappa shape index (κ3) is 2.70. The second-order valence-electron chi connectivity index (χ2n) is 5.49. The molecule has 1 heteroatoms. The highest BCUT2D eigenvalue weighted by Crippen LogP contribution is 2.43. The van der Waals surface area contributed by atoms with Crippen LogP contribution in [0.2, 0.25) is 0 Å². The van der Waals surface area contributed by atoms with Gasteiger partial charge in [-0.2, -0.15) is 0 Å². The van der Waals surface area contributed by atoms with Gasteiger partial charge in [0.25, 0.3) is 0 Å². The standard InChI is InChI=1S/C14H22O/c1-10(2)6-9-13-12(11-7-8-11)4-3-5-14(13)15/h10-11H,3-9H2,1-2H3. The van der Waals surface area contributed by atoms with Crippen molar-refractivity contribution in [2.24, 2.45) is 11.8 Å². The van der Waals surface area contributed by atoms with Gasteiger partial charge in [-0.05, 0) is 55.9 Å². The zero-order valence-corrected chi connectivity index (χ0v) is 10.0. The SMILES string of the molecule is CC(C)CCC1=C(C2CC2)CCCC1=O. The smallest absolute Gasteiger partial charge is 0.158 e. The Hall–Kier alpha value is -0.590. The van der Waals surface area contributed by atoms with E-state index in [0.717, 1.165) is 25.2 Å². The Labute approximate surface area is 92.9 Å². The molecule has 1 fully saturated rings. The van der Waals surface area contributed by atoms with Crippen molar-refractivity contribution in [3.8, 4) is 0 Å². The van der Waals surface area contributed by atoms with Crippen molar-refractivity contribution in [1.82, 2.24) is 0 Å². The molecule has 2 aliphatic rings. The molecule has 84 valence electrons. The molecule has 0 saturated heterocycles. The molecule has 2 rings (SSSR count). The molecule has 0 unspecified atom stereocenters. The van der Waals surface area contributed by atoms with E-state index in [-0.39, 0.29) is 0 Å². The average molecular weight is 206 g/mol. The van der Waals surface area contributed by atoms with Crippen LogP contribution in [0.5, 0.6) is 0 Å². The number of hydrogen-bond acceptors (Lipinski definition) is 1. The third-order valence-electron chi connectivity index (χ3n) is 3.62. The van der Waals surface area contributed by atoms with E-state index >= 15 is 0 Å². The molecule has 15 heavy (non-hydrogen) atoms. The maximum absolute atomic E-state index is 11.9. The topological polar surface area (TPSA) is 17.1 Å². The molecule has 0 N–H and O–H groups in total. The summed E-state index contributed by atoms with van der Waals surface area (Å²) >= 11 is 0. The predicted octanol–water partition coefficient (Wildman–Crippen LogP) is 3.88. The lowest BCUT2D eigenvalue weighted by atomic mass is 9.84. The van der Waals surface area contributed by atoms with Gasteiger partial charge in [-0.25, -0.2) is 0 Å². The fourth-order valence-electron chi connectivity index (χ4n) is 2.54. The molecule has 0 amide bonds. The van der Waals surface area contributed by atoms with Crippen molar-refractivity contribution in [3.05, 3.63) is 11.1 Å². The first-order valence-corrected chi connectivity index (χ1v) is 6.43. The quantitative estimate of drug-likeness (QED) is 0.682. The average Bonchev–Trinajstić information content (AvgIpc) is 2.98. The molecule has 0 aromatic heterocycles. The van der Waals surface area contributed by atoms with Crippen molar-refractivity contribution in [2.45, 2.75) is 58.8 Å². The van der Waals surface area contributed by atoms with Gasteiger partial charge in [0.1, 0.15) is 0 Å². The fourth-order valence-corrected chi connectivity index (χ4v) is 2.54. The predicted molar refractivity (Wildman–Crippen MR) is 62.7 cm³/mol. The summed E-state index contributed by atoms with van der Waals surface area (Å²) in [4.78, 5) is 11.9. The van der Waals surface area contributed by atoms with Gasteiger partial charge in [-0.15, -0.1) is 0 Å². The summed E-state index contributed by atoms with van der Waals surface area (Å²) in [5.41, 5.74) is 2.78. The van der Waals surface area contributed by atoms with Crippen LogP contribution in [-0.2, 0) is 4.79 Å². The minimum absolute atomic E-state index is 0.462. The Balaban J connectivity index is 2.08. The van der Waals surface area contributed by atoms with Gasteiger partial charge in [0.05, 0.1) is 0 Å². The number of carbonyl (C=O) groups excluding carboxylic acids is 1. The molecule has 0 aliphatic heterocycles. The minimum Gasteiger partial charge on any atom is -0.295 e. The lowest BCUT2D eigenvalue weighted by Crippen LogP contribution is -2.13. The van der Waals surface area contributed by atoms with Gasteiger partial charge in [0, 0.05) is 6.42 Å². The summed E-state index contributed by atoms with van der Waals surface area (Å²) in [5.74, 6) is 1.98. The molecule has 0 aromatic carbocycles. The maximum Gasteiger partial charge on any atom is 0.158 e. The zero-order valence-electron chi connectivity index (χ0n) is 10.0. The van der Waals surface area contributed by atoms with Crippen molar-refractivity contribution in [2.75, 3.05) is 0 Å². The van der Waals surface area contributed by atoms with E-state index < -0.39 is 0 Å². The van der Waals surface area contributed by atoms with Crippen LogP contribution < -0.4 is 0 Å². The highest BCUT2D eigenvalue weighted by atomic mass is 16.1. The maximum atomic E-state index is 11.9. The van der Waals surface area contributed by atoms with E-state index in [0.29, 0.717) is 11.7 Å². The molecular formula is C14H22O. The van der Waals surface area contributed by atoms with Gasteiger partial charge in [0.15, 0.2) is 5.78 Å². The van der Waals surface area contributed by atoms with E-state index in [2.05, 4.69) is 13.8 Å². The molecular weight excluding hydrogens is 184 g/mol. The Morgan fingerprint density at radius 3 is 2.60 bits per heavy atom. The van der Waals surface area contributed by atoms with Crippen molar-refractivity contribution < 1.29 is 4.79 Å². The first kappa shape index (κ1) is 10.9. The lowest BCUT2D eigenvalue weighted by Gasteiger charge is -2.20. The molecule has 0 aromatic rings. The number of carbonyl (C=O) groups is 1. The van der Waals surface area contributed by atoms with Gasteiger partial charge >= 0.3 is 0 Å². The molecule has 1 nitrogen and oxygen atoms in total. The summed E-state index contributed by atoms with van der Waals surface area (Å²) in [6, 6.07) is 0. The second-order valence-corrected chi connectivity index (χ2v) is 5.49. The first-order chi connectivity index (χ1) is 7.18. The van der Waals surface area contributed by atoms with Crippen LogP contribution in [0.25, 0.3) is 0 Å². The Morgan fingerprint density at radius 1 is 1.27 bits per heavy atom. The van der Waals surface area contributed by atoms with Crippen molar-refractivity contribution >= 4 is 5.78 Å². The molecule has 0 atom stereocenters. The van der Waals surface area contributed by atoms with Crippen LogP contribution >= 0.6 is 0 Å². The Bertz CT molecular complexity index is 282. The van der Waals surface area contributed by atoms with E-state index in [4.69, 9.17) is 0 Å². The molecule has 2 aliphatic carbocycles. The summed E-state index contributed by atoms with van der Waals surface area (Å²) in [6.07, 6.45) is 8.03. The molecule has 1 saturated carbocycles. The highest BCUT2D eigenvalue weighted by molar-refractivity contribution is 5.97. The van der Waals surface area contributed by atoms with Crippen LogP contribution in [0.15, 0.2) is 11.1 Å². The normalized spacial score (nSPS) is 22.7. The third-order valence-corrected chi connectivity index (χ3v) is 3.62.